The summed E-state index contributed by atoms with van der Waals surface area (Å²) in [6.07, 6.45) is -2.89. The summed E-state index contributed by atoms with van der Waals surface area (Å²) < 4.78 is 54.3. The van der Waals surface area contributed by atoms with Crippen LogP contribution < -0.4 is 0 Å². The number of nitrogens with zero attached hydrogens (tertiary/aromatic N) is 2. The molecule has 0 amide bonds. The molecule has 0 unspecified atom stereocenters. The van der Waals surface area contributed by atoms with Crippen LogP contribution in [0, 0.1) is 0 Å². The number of rotatable bonds is 6. The quantitative estimate of drug-likeness (QED) is 0.276. The van der Waals surface area contributed by atoms with Gasteiger partial charge in [0.05, 0.1) is 27.1 Å². The second-order valence-electron chi connectivity index (χ2n) is 7.18. The van der Waals surface area contributed by atoms with Gasteiger partial charge in [0.2, 0.25) is 0 Å². The van der Waals surface area contributed by atoms with Gasteiger partial charge in [-0.15, -0.1) is 0 Å². The van der Waals surface area contributed by atoms with E-state index in [1.807, 2.05) is 0 Å². The molecule has 1 aromatic heterocycles. The first kappa shape index (κ1) is 23.4. The summed E-state index contributed by atoms with van der Waals surface area (Å²) in [5.74, 6) is -0.0513. The third kappa shape index (κ3) is 4.40. The maximum Gasteiger partial charge on any atom is 0.282 e. The van der Waals surface area contributed by atoms with Crippen LogP contribution >= 0.6 is 23.2 Å². The smallest absolute Gasteiger partial charge is 0.230 e. The highest BCUT2D eigenvalue weighted by molar-refractivity contribution is 7.91. The van der Waals surface area contributed by atoms with Crippen LogP contribution in [0.1, 0.15) is 19.0 Å². The van der Waals surface area contributed by atoms with Gasteiger partial charge in [-0.25, -0.2) is 21.9 Å². The van der Waals surface area contributed by atoms with Crippen LogP contribution in [0.2, 0.25) is 10.0 Å². The van der Waals surface area contributed by atoms with Crippen LogP contribution in [-0.4, -0.2) is 24.0 Å². The highest BCUT2D eigenvalue weighted by Crippen LogP contribution is 2.43. The molecule has 3 aromatic carbocycles. The molecule has 9 heteroatoms. The van der Waals surface area contributed by atoms with Gasteiger partial charge in [0, 0.05) is 21.7 Å². The SMILES string of the molecule is CCS(=O)(=O)c1ccc(-c2c(-c3ccccc3Cl)c(C(F)F)nn2-c2ccccc2Cl)cc1. The summed E-state index contributed by atoms with van der Waals surface area (Å²) in [6.45, 7) is 1.56. The van der Waals surface area contributed by atoms with Gasteiger partial charge in [-0.05, 0) is 30.3 Å². The van der Waals surface area contributed by atoms with E-state index in [1.165, 1.54) is 16.8 Å². The van der Waals surface area contributed by atoms with Crippen molar-refractivity contribution in [1.29, 1.82) is 0 Å². The van der Waals surface area contributed by atoms with Crippen LogP contribution in [0.15, 0.2) is 77.7 Å². The predicted octanol–water partition coefficient (Wildman–Crippen LogP) is 7.24. The number of alkyl halides is 2. The third-order valence-electron chi connectivity index (χ3n) is 5.21. The normalized spacial score (nSPS) is 11.8. The lowest BCUT2D eigenvalue weighted by atomic mass is 9.98. The molecule has 1 heterocycles. The Balaban J connectivity index is 2.07. The molecule has 0 fully saturated rings. The number of halogens is 4. The Morgan fingerprint density at radius 1 is 0.909 bits per heavy atom. The summed E-state index contributed by atoms with van der Waals surface area (Å²) in [4.78, 5) is 0.144. The standard InChI is InChI=1S/C24H18Cl2F2N2O2S/c1-2-33(31,32)16-13-11-15(12-14-16)23-21(17-7-3-4-8-18(17)25)22(24(27)28)29-30(23)20-10-6-5-9-19(20)26/h3-14,24H,2H2,1H3. The van der Waals surface area contributed by atoms with E-state index >= 15 is 0 Å². The molecule has 0 aliphatic carbocycles. The lowest BCUT2D eigenvalue weighted by molar-refractivity contribution is 0.146. The molecule has 4 rings (SSSR count). The summed E-state index contributed by atoms with van der Waals surface area (Å²) in [6, 6.07) is 19.5. The number of hydrogen-bond donors (Lipinski definition) is 0. The molecule has 0 spiro atoms. The van der Waals surface area contributed by atoms with Gasteiger partial charge < -0.3 is 0 Å². The van der Waals surface area contributed by atoms with E-state index in [0.29, 0.717) is 27.5 Å². The summed E-state index contributed by atoms with van der Waals surface area (Å²) in [7, 11) is -3.43. The molecule has 33 heavy (non-hydrogen) atoms. The zero-order chi connectivity index (χ0) is 23.8. The third-order valence-corrected chi connectivity index (χ3v) is 7.61. The van der Waals surface area contributed by atoms with Gasteiger partial charge in [0.15, 0.2) is 9.84 Å². The summed E-state index contributed by atoms with van der Waals surface area (Å²) in [5, 5.41) is 4.83. The van der Waals surface area contributed by atoms with Crippen molar-refractivity contribution in [3.63, 3.8) is 0 Å². The van der Waals surface area contributed by atoms with Gasteiger partial charge >= 0.3 is 0 Å². The zero-order valence-electron chi connectivity index (χ0n) is 17.3. The molecule has 0 atom stereocenters. The fourth-order valence-corrected chi connectivity index (χ4v) is 4.90. The zero-order valence-corrected chi connectivity index (χ0v) is 19.7. The van der Waals surface area contributed by atoms with Gasteiger partial charge in [0.25, 0.3) is 6.43 Å². The maximum absolute atomic E-state index is 14.2. The second-order valence-corrected chi connectivity index (χ2v) is 10.3. The predicted molar refractivity (Wildman–Crippen MR) is 127 cm³/mol. The van der Waals surface area contributed by atoms with Crippen LogP contribution in [-0.2, 0) is 9.84 Å². The van der Waals surface area contributed by atoms with Crippen molar-refractivity contribution < 1.29 is 17.2 Å². The molecule has 0 radical (unpaired) electrons. The van der Waals surface area contributed by atoms with Crippen molar-refractivity contribution in [3.8, 4) is 28.1 Å². The molecule has 170 valence electrons. The molecular weight excluding hydrogens is 489 g/mol. The van der Waals surface area contributed by atoms with Gasteiger partial charge in [0.1, 0.15) is 5.69 Å². The van der Waals surface area contributed by atoms with E-state index in [1.54, 1.807) is 67.6 Å². The minimum Gasteiger partial charge on any atom is -0.230 e. The Kier molecular flexibility index (Phi) is 6.56. The Labute approximate surface area is 200 Å². The van der Waals surface area contributed by atoms with Crippen molar-refractivity contribution >= 4 is 33.0 Å². The average Bonchev–Trinajstić information content (AvgIpc) is 3.20. The van der Waals surface area contributed by atoms with Crippen molar-refractivity contribution in [2.45, 2.75) is 18.2 Å². The van der Waals surface area contributed by atoms with Crippen molar-refractivity contribution in [2.24, 2.45) is 0 Å². The minimum atomic E-state index is -3.43. The second kappa shape index (κ2) is 9.25. The average molecular weight is 507 g/mol. The Hall–Kier alpha value is -2.74. The first-order valence-electron chi connectivity index (χ1n) is 9.98. The number of sulfone groups is 1. The van der Waals surface area contributed by atoms with E-state index in [-0.39, 0.29) is 21.2 Å². The van der Waals surface area contributed by atoms with Crippen LogP contribution in [0.4, 0.5) is 8.78 Å². The van der Waals surface area contributed by atoms with Crippen molar-refractivity contribution in [3.05, 3.63) is 88.5 Å². The van der Waals surface area contributed by atoms with Crippen LogP contribution in [0.3, 0.4) is 0 Å². The highest BCUT2D eigenvalue weighted by atomic mass is 35.5. The van der Waals surface area contributed by atoms with E-state index in [9.17, 15) is 17.2 Å². The lowest BCUT2D eigenvalue weighted by Crippen LogP contribution is -2.04. The molecule has 0 bridgehead atoms. The van der Waals surface area contributed by atoms with Crippen molar-refractivity contribution in [2.75, 3.05) is 5.75 Å². The molecule has 0 N–H and O–H groups in total. The van der Waals surface area contributed by atoms with E-state index < -0.39 is 22.0 Å². The molecule has 0 saturated heterocycles. The summed E-state index contributed by atoms with van der Waals surface area (Å²) >= 11 is 12.8. The highest BCUT2D eigenvalue weighted by Gasteiger charge is 2.28. The monoisotopic (exact) mass is 506 g/mol. The van der Waals surface area contributed by atoms with Gasteiger partial charge in [-0.3, -0.25) is 0 Å². The number of hydrogen-bond acceptors (Lipinski definition) is 3. The first-order valence-corrected chi connectivity index (χ1v) is 12.4. The Morgan fingerprint density at radius 2 is 1.52 bits per heavy atom. The van der Waals surface area contributed by atoms with Crippen LogP contribution in [0.25, 0.3) is 28.1 Å². The lowest BCUT2D eigenvalue weighted by Gasteiger charge is -2.13. The molecular formula is C24H18Cl2F2N2O2S. The molecule has 0 saturated carbocycles. The van der Waals surface area contributed by atoms with Crippen molar-refractivity contribution in [1.82, 2.24) is 9.78 Å². The van der Waals surface area contributed by atoms with Gasteiger partial charge in [-0.1, -0.05) is 72.6 Å². The maximum atomic E-state index is 14.2. The fraction of sp³-hybridized carbons (Fsp3) is 0.125. The summed E-state index contributed by atoms with van der Waals surface area (Å²) in [5.41, 5.74) is 1.30. The van der Waals surface area contributed by atoms with Gasteiger partial charge in [-0.2, -0.15) is 5.10 Å². The Bertz CT molecular complexity index is 1420. The minimum absolute atomic E-state index is 0.0513. The molecule has 0 aliphatic rings. The number of para-hydroxylation sites is 1. The fourth-order valence-electron chi connectivity index (χ4n) is 3.57. The molecule has 0 aliphatic heterocycles. The molecule has 4 nitrogen and oxygen atoms in total. The Morgan fingerprint density at radius 3 is 2.09 bits per heavy atom. The largest absolute Gasteiger partial charge is 0.282 e. The first-order chi connectivity index (χ1) is 15.7. The van der Waals surface area contributed by atoms with E-state index in [2.05, 4.69) is 5.10 Å². The topological polar surface area (TPSA) is 52.0 Å². The van der Waals surface area contributed by atoms with E-state index in [4.69, 9.17) is 23.2 Å². The van der Waals surface area contributed by atoms with E-state index in [0.717, 1.165) is 0 Å². The number of aromatic nitrogens is 2. The molecule has 4 aromatic rings. The van der Waals surface area contributed by atoms with Crippen LogP contribution in [0.5, 0.6) is 0 Å². The number of benzene rings is 3.